The van der Waals surface area contributed by atoms with Gasteiger partial charge in [0.2, 0.25) is 0 Å². The minimum Gasteiger partial charge on any atom is -0.342 e. The van der Waals surface area contributed by atoms with Crippen molar-refractivity contribution >= 4 is 16.9 Å². The zero-order valence-electron chi connectivity index (χ0n) is 10.2. The first kappa shape index (κ1) is 12.0. The molecule has 0 saturated carbocycles. The lowest BCUT2D eigenvalue weighted by Gasteiger charge is -2.00. The molecular formula is C13H15N4O+. The van der Waals surface area contributed by atoms with Crippen LogP contribution in [0.25, 0.3) is 11.0 Å². The van der Waals surface area contributed by atoms with Crippen LogP contribution in [-0.4, -0.2) is 17.1 Å². The Balaban J connectivity index is 2.36. The number of carbonyl (C=O) groups is 1. The number of para-hydroxylation sites is 2. The number of amides is 1. The van der Waals surface area contributed by atoms with Crippen molar-refractivity contribution in [2.45, 2.75) is 13.5 Å². The van der Waals surface area contributed by atoms with E-state index in [9.17, 15) is 4.79 Å². The first-order valence-electron chi connectivity index (χ1n) is 5.60. The predicted octanol–water partition coefficient (Wildman–Crippen LogP) is -0.300. The fourth-order valence-electron chi connectivity index (χ4n) is 1.92. The van der Waals surface area contributed by atoms with E-state index >= 15 is 0 Å². The van der Waals surface area contributed by atoms with Gasteiger partial charge in [0.25, 0.3) is 11.7 Å². The van der Waals surface area contributed by atoms with Crippen LogP contribution in [0.4, 0.5) is 0 Å². The topological polar surface area (TPSA) is 63.9 Å². The Morgan fingerprint density at radius 1 is 1.56 bits per heavy atom. The van der Waals surface area contributed by atoms with E-state index in [-0.39, 0.29) is 19.0 Å². The number of rotatable bonds is 3. The predicted molar refractivity (Wildman–Crippen MR) is 68.9 cm³/mol. The second kappa shape index (κ2) is 4.80. The Morgan fingerprint density at radius 2 is 2.28 bits per heavy atom. The monoisotopic (exact) mass is 243 g/mol. The summed E-state index contributed by atoms with van der Waals surface area (Å²) in [5.41, 5.74) is 1.81. The molecule has 0 spiro atoms. The highest BCUT2D eigenvalue weighted by molar-refractivity contribution is 5.76. The molecule has 5 heteroatoms. The van der Waals surface area contributed by atoms with Crippen LogP contribution in [0.15, 0.2) is 24.3 Å². The lowest BCUT2D eigenvalue weighted by Crippen LogP contribution is -2.45. The molecule has 3 N–H and O–H groups in total. The van der Waals surface area contributed by atoms with Crippen LogP contribution in [0, 0.1) is 19.3 Å². The summed E-state index contributed by atoms with van der Waals surface area (Å²) >= 11 is 0. The molecule has 0 radical (unpaired) electrons. The van der Waals surface area contributed by atoms with Crippen LogP contribution in [0.3, 0.4) is 0 Å². The summed E-state index contributed by atoms with van der Waals surface area (Å²) in [6, 6.07) is 7.67. The van der Waals surface area contributed by atoms with Gasteiger partial charge in [-0.3, -0.25) is 10.6 Å². The Morgan fingerprint density at radius 3 is 3.00 bits per heavy atom. The van der Waals surface area contributed by atoms with Gasteiger partial charge in [-0.1, -0.05) is 18.1 Å². The number of carbonyl (C=O) groups excluding carboxylic acids is 1. The summed E-state index contributed by atoms with van der Waals surface area (Å²) in [5.74, 6) is 9.00. The molecule has 0 fully saturated rings. The smallest absolute Gasteiger partial charge is 0.277 e. The molecule has 0 bridgehead atoms. The van der Waals surface area contributed by atoms with Crippen molar-refractivity contribution in [3.63, 3.8) is 0 Å². The van der Waals surface area contributed by atoms with Crippen LogP contribution in [-0.2, 0) is 11.3 Å². The summed E-state index contributed by atoms with van der Waals surface area (Å²) in [4.78, 5) is 11.7. The maximum Gasteiger partial charge on any atom is 0.277 e. The summed E-state index contributed by atoms with van der Waals surface area (Å²) in [5, 5.41) is 2.64. The van der Waals surface area contributed by atoms with E-state index in [4.69, 9.17) is 12.3 Å². The normalized spacial score (nSPS) is 10.2. The summed E-state index contributed by atoms with van der Waals surface area (Å²) in [6.45, 7) is 2.31. The van der Waals surface area contributed by atoms with E-state index in [2.05, 4.69) is 11.2 Å². The van der Waals surface area contributed by atoms with Crippen LogP contribution in [0.1, 0.15) is 5.82 Å². The minimum absolute atomic E-state index is 0.127. The second-order valence-electron chi connectivity index (χ2n) is 3.97. The van der Waals surface area contributed by atoms with E-state index < -0.39 is 0 Å². The molecule has 1 amide bonds. The van der Waals surface area contributed by atoms with Crippen molar-refractivity contribution in [1.29, 1.82) is 0 Å². The van der Waals surface area contributed by atoms with E-state index in [0.717, 1.165) is 16.9 Å². The van der Waals surface area contributed by atoms with E-state index in [1.54, 1.807) is 4.68 Å². The Kier molecular flexibility index (Phi) is 3.20. The molecule has 0 saturated heterocycles. The number of nitrogens with one attached hydrogen (secondary N) is 1. The lowest BCUT2D eigenvalue weighted by atomic mass is 10.3. The van der Waals surface area contributed by atoms with Crippen molar-refractivity contribution in [1.82, 2.24) is 9.99 Å². The Hall–Kier alpha value is -2.48. The van der Waals surface area contributed by atoms with Crippen molar-refractivity contribution in [3.8, 4) is 12.3 Å². The molecule has 1 heterocycles. The molecular weight excluding hydrogens is 228 g/mol. The molecule has 92 valence electrons. The average molecular weight is 243 g/mol. The standard InChI is InChI=1S/C13H14N4O/c1-3-8-15-13(18)9-16-10(2)17(14)12-7-5-4-6-11(12)16/h1,4-7H,8-9,14H2,2H3/p+1. The summed E-state index contributed by atoms with van der Waals surface area (Å²) in [7, 11) is 0. The zero-order valence-corrected chi connectivity index (χ0v) is 10.2. The molecule has 5 nitrogen and oxygen atoms in total. The third-order valence-electron chi connectivity index (χ3n) is 2.86. The lowest BCUT2D eigenvalue weighted by molar-refractivity contribution is -0.665. The van der Waals surface area contributed by atoms with Crippen molar-refractivity contribution in [3.05, 3.63) is 30.1 Å². The number of terminal acetylenes is 1. The number of nitrogens with zero attached hydrogens (tertiary/aromatic N) is 2. The van der Waals surface area contributed by atoms with Gasteiger partial charge in [-0.25, -0.2) is 4.57 Å². The van der Waals surface area contributed by atoms with E-state index in [1.165, 1.54) is 0 Å². The molecule has 0 unspecified atom stereocenters. The number of nitrogens with two attached hydrogens (primary N) is 1. The van der Waals surface area contributed by atoms with Crippen LogP contribution < -0.4 is 15.7 Å². The first-order chi connectivity index (χ1) is 8.65. The maximum atomic E-state index is 11.7. The fraction of sp³-hybridized carbons (Fsp3) is 0.231. The molecule has 0 aliphatic heterocycles. The van der Waals surface area contributed by atoms with Gasteiger partial charge >= 0.3 is 0 Å². The van der Waals surface area contributed by atoms with Crippen molar-refractivity contribution in [2.24, 2.45) is 0 Å². The third kappa shape index (κ3) is 2.00. The molecule has 0 atom stereocenters. The number of hydrogen-bond acceptors (Lipinski definition) is 2. The van der Waals surface area contributed by atoms with Gasteiger partial charge in [0.15, 0.2) is 17.6 Å². The molecule has 0 aliphatic carbocycles. The van der Waals surface area contributed by atoms with Crippen LogP contribution >= 0.6 is 0 Å². The molecule has 1 aromatic heterocycles. The zero-order chi connectivity index (χ0) is 13.1. The highest BCUT2D eigenvalue weighted by atomic mass is 16.1. The average Bonchev–Trinajstić information content (AvgIpc) is 2.62. The maximum absolute atomic E-state index is 11.7. The van der Waals surface area contributed by atoms with Crippen LogP contribution in [0.2, 0.25) is 0 Å². The fourth-order valence-corrected chi connectivity index (χ4v) is 1.92. The quantitative estimate of drug-likeness (QED) is 0.441. The van der Waals surface area contributed by atoms with Gasteiger partial charge in [-0.05, 0) is 12.1 Å². The van der Waals surface area contributed by atoms with Crippen molar-refractivity contribution < 1.29 is 9.36 Å². The van der Waals surface area contributed by atoms with Crippen molar-refractivity contribution in [2.75, 3.05) is 12.4 Å². The minimum atomic E-state index is -0.127. The highest BCUT2D eigenvalue weighted by Crippen LogP contribution is 2.10. The van der Waals surface area contributed by atoms with Gasteiger partial charge in [0.05, 0.1) is 6.54 Å². The van der Waals surface area contributed by atoms with Gasteiger partial charge in [0.1, 0.15) is 0 Å². The number of imidazole rings is 1. The van der Waals surface area contributed by atoms with E-state index in [0.29, 0.717) is 0 Å². The number of hydrogen-bond donors (Lipinski definition) is 2. The Bertz CT molecular complexity index is 636. The second-order valence-corrected chi connectivity index (χ2v) is 3.97. The third-order valence-corrected chi connectivity index (χ3v) is 2.86. The molecule has 0 aliphatic rings. The molecule has 1 aromatic carbocycles. The van der Waals surface area contributed by atoms with Gasteiger partial charge < -0.3 is 5.32 Å². The highest BCUT2D eigenvalue weighted by Gasteiger charge is 2.21. The number of nitrogen functional groups attached to an aromatic ring is 1. The summed E-state index contributed by atoms with van der Waals surface area (Å²) in [6.07, 6.45) is 5.10. The number of aromatic nitrogens is 2. The van der Waals surface area contributed by atoms with Gasteiger partial charge in [-0.15, -0.1) is 11.1 Å². The van der Waals surface area contributed by atoms with Gasteiger partial charge in [0, 0.05) is 6.92 Å². The molecule has 2 rings (SSSR count). The molecule has 18 heavy (non-hydrogen) atoms. The van der Waals surface area contributed by atoms with E-state index in [1.807, 2.05) is 35.8 Å². The van der Waals surface area contributed by atoms with Gasteiger partial charge in [-0.2, -0.15) is 0 Å². The molecule has 2 aromatic rings. The number of benzene rings is 1. The number of fused-ring (bicyclic) bond motifs is 1. The van der Waals surface area contributed by atoms with Crippen LogP contribution in [0.5, 0.6) is 0 Å². The first-order valence-corrected chi connectivity index (χ1v) is 5.60. The summed E-state index contributed by atoms with van der Waals surface area (Å²) < 4.78 is 3.44. The SMILES string of the molecule is C#CCNC(=O)C[n+]1c(C)n(N)c2ccccc21. The largest absolute Gasteiger partial charge is 0.342 e. The Labute approximate surface area is 105 Å².